The summed E-state index contributed by atoms with van der Waals surface area (Å²) < 4.78 is 4.72. The van der Waals surface area contributed by atoms with Gasteiger partial charge in [0.15, 0.2) is 0 Å². The summed E-state index contributed by atoms with van der Waals surface area (Å²) in [5.74, 6) is -0.338. The summed E-state index contributed by atoms with van der Waals surface area (Å²) in [5.41, 5.74) is 2.65. The Morgan fingerprint density at radius 2 is 1.85 bits per heavy atom. The second kappa shape index (κ2) is 9.19. The van der Waals surface area contributed by atoms with Crippen LogP contribution in [0, 0.1) is 12.8 Å². The third-order valence-corrected chi connectivity index (χ3v) is 7.60. The van der Waals surface area contributed by atoms with E-state index >= 15 is 0 Å². The summed E-state index contributed by atoms with van der Waals surface area (Å²) in [6.07, 6.45) is 5.92. The first-order valence-electron chi connectivity index (χ1n) is 12.3. The highest BCUT2D eigenvalue weighted by atomic mass is 16.6. The first kappa shape index (κ1) is 22.6. The number of fused-ring (bicyclic) bond motifs is 1. The highest BCUT2D eigenvalue weighted by Crippen LogP contribution is 2.35. The van der Waals surface area contributed by atoms with Crippen molar-refractivity contribution in [2.24, 2.45) is 5.92 Å². The number of likely N-dealkylation sites (tertiary alicyclic amines) is 1. The number of benzene rings is 1. The summed E-state index contributed by atoms with van der Waals surface area (Å²) >= 11 is 0. The molecule has 0 bridgehead atoms. The number of nitrogens with zero attached hydrogens (tertiary/aromatic N) is 5. The summed E-state index contributed by atoms with van der Waals surface area (Å²) in [6.45, 7) is 6.17. The molecule has 0 N–H and O–H groups in total. The van der Waals surface area contributed by atoms with Crippen LogP contribution >= 0.6 is 0 Å². The molecular formula is C25H31N5O4. The molecule has 0 aliphatic carbocycles. The standard InChI is InChI=1S/C25H31N5O4/c1-3-18-7-4-5-12-29(18)23(31)17-10-13-28(14-11-17)21-9-6-8-19-22(21)25(33)30(24(19)32)15-20-16(2)26-34-27-20/h6,8-9,17-18H,3-5,7,10-15H2,1-2H3. The van der Waals surface area contributed by atoms with Crippen molar-refractivity contribution in [2.45, 2.75) is 65.0 Å². The van der Waals surface area contributed by atoms with Gasteiger partial charge in [0.1, 0.15) is 11.4 Å². The van der Waals surface area contributed by atoms with Crippen LogP contribution in [0.25, 0.3) is 0 Å². The molecule has 34 heavy (non-hydrogen) atoms. The molecule has 5 rings (SSSR count). The molecule has 2 saturated heterocycles. The van der Waals surface area contributed by atoms with E-state index in [4.69, 9.17) is 4.63 Å². The summed E-state index contributed by atoms with van der Waals surface area (Å²) in [4.78, 5) is 45.0. The molecular weight excluding hydrogens is 434 g/mol. The molecule has 2 aromatic rings. The van der Waals surface area contributed by atoms with Crippen molar-refractivity contribution in [1.29, 1.82) is 0 Å². The molecule has 2 fully saturated rings. The van der Waals surface area contributed by atoms with E-state index in [9.17, 15) is 14.4 Å². The SMILES string of the molecule is CCC1CCCCN1C(=O)C1CCN(c2cccc3c2C(=O)N(Cc2nonc2C)C3=O)CC1. The number of carbonyl (C=O) groups is 3. The predicted octanol–water partition coefficient (Wildman–Crippen LogP) is 3.18. The van der Waals surface area contributed by atoms with Gasteiger partial charge in [0, 0.05) is 31.6 Å². The van der Waals surface area contributed by atoms with Crippen molar-refractivity contribution < 1.29 is 19.0 Å². The van der Waals surface area contributed by atoms with E-state index in [2.05, 4.69) is 27.0 Å². The van der Waals surface area contributed by atoms with Crippen LogP contribution in [0.1, 0.15) is 77.6 Å². The maximum absolute atomic E-state index is 13.3. The zero-order valence-electron chi connectivity index (χ0n) is 19.8. The minimum absolute atomic E-state index is 0.0247. The third-order valence-electron chi connectivity index (χ3n) is 7.60. The fraction of sp³-hybridized carbons (Fsp3) is 0.560. The average molecular weight is 466 g/mol. The van der Waals surface area contributed by atoms with E-state index in [1.807, 2.05) is 12.1 Å². The normalized spacial score (nSPS) is 21.4. The zero-order chi connectivity index (χ0) is 23.8. The minimum atomic E-state index is -0.329. The third kappa shape index (κ3) is 3.86. The topological polar surface area (TPSA) is 99.9 Å². The summed E-state index contributed by atoms with van der Waals surface area (Å²) in [6, 6.07) is 5.79. The average Bonchev–Trinajstić information content (AvgIpc) is 3.39. The molecule has 1 atom stereocenters. The molecule has 180 valence electrons. The number of piperidine rings is 2. The van der Waals surface area contributed by atoms with Crippen LogP contribution in [-0.4, -0.2) is 63.5 Å². The van der Waals surface area contributed by atoms with Gasteiger partial charge in [0.25, 0.3) is 11.8 Å². The first-order chi connectivity index (χ1) is 16.5. The number of aryl methyl sites for hydroxylation is 1. The minimum Gasteiger partial charge on any atom is -0.371 e. The highest BCUT2D eigenvalue weighted by Gasteiger charge is 2.40. The second-order valence-corrected chi connectivity index (χ2v) is 9.54. The van der Waals surface area contributed by atoms with E-state index in [-0.39, 0.29) is 24.3 Å². The van der Waals surface area contributed by atoms with Crippen LogP contribution in [-0.2, 0) is 11.3 Å². The van der Waals surface area contributed by atoms with Crippen LogP contribution in [0.4, 0.5) is 5.69 Å². The Morgan fingerprint density at radius 1 is 1.06 bits per heavy atom. The molecule has 3 aliphatic rings. The largest absolute Gasteiger partial charge is 0.371 e. The Kier molecular flexibility index (Phi) is 6.10. The van der Waals surface area contributed by atoms with E-state index in [1.165, 1.54) is 11.3 Å². The van der Waals surface area contributed by atoms with Crippen molar-refractivity contribution >= 4 is 23.4 Å². The van der Waals surface area contributed by atoms with Gasteiger partial charge < -0.3 is 9.80 Å². The fourth-order valence-corrected chi connectivity index (χ4v) is 5.58. The van der Waals surface area contributed by atoms with Crippen LogP contribution in [0.15, 0.2) is 22.8 Å². The van der Waals surface area contributed by atoms with E-state index < -0.39 is 0 Å². The smallest absolute Gasteiger partial charge is 0.264 e. The monoisotopic (exact) mass is 465 g/mol. The van der Waals surface area contributed by atoms with Gasteiger partial charge in [-0.3, -0.25) is 19.3 Å². The summed E-state index contributed by atoms with van der Waals surface area (Å²) in [5, 5.41) is 7.56. The molecule has 3 amide bonds. The molecule has 1 aromatic heterocycles. The molecule has 1 unspecified atom stereocenters. The number of hydrogen-bond donors (Lipinski definition) is 0. The fourth-order valence-electron chi connectivity index (χ4n) is 5.58. The van der Waals surface area contributed by atoms with E-state index in [1.54, 1.807) is 13.0 Å². The molecule has 0 radical (unpaired) electrons. The zero-order valence-corrected chi connectivity index (χ0v) is 19.8. The van der Waals surface area contributed by atoms with Gasteiger partial charge in [0.05, 0.1) is 23.4 Å². The van der Waals surface area contributed by atoms with Gasteiger partial charge in [0.2, 0.25) is 5.91 Å². The van der Waals surface area contributed by atoms with Gasteiger partial charge in [-0.05, 0) is 57.6 Å². The van der Waals surface area contributed by atoms with Crippen molar-refractivity contribution in [3.05, 3.63) is 40.7 Å². The molecule has 3 aliphatic heterocycles. The number of aromatic nitrogens is 2. The predicted molar refractivity (Wildman–Crippen MR) is 124 cm³/mol. The van der Waals surface area contributed by atoms with Gasteiger partial charge in [-0.15, -0.1) is 0 Å². The maximum atomic E-state index is 13.3. The van der Waals surface area contributed by atoms with Crippen LogP contribution in [0.2, 0.25) is 0 Å². The second-order valence-electron chi connectivity index (χ2n) is 9.54. The Hall–Kier alpha value is -3.23. The molecule has 1 aromatic carbocycles. The molecule has 0 spiro atoms. The quantitative estimate of drug-likeness (QED) is 0.625. The van der Waals surface area contributed by atoms with E-state index in [0.29, 0.717) is 47.6 Å². The van der Waals surface area contributed by atoms with Crippen molar-refractivity contribution in [1.82, 2.24) is 20.1 Å². The van der Waals surface area contributed by atoms with Crippen LogP contribution < -0.4 is 4.90 Å². The number of anilines is 1. The lowest BCUT2D eigenvalue weighted by Crippen LogP contribution is -2.48. The lowest BCUT2D eigenvalue weighted by molar-refractivity contribution is -0.140. The lowest BCUT2D eigenvalue weighted by Gasteiger charge is -2.40. The lowest BCUT2D eigenvalue weighted by atomic mass is 9.91. The van der Waals surface area contributed by atoms with Crippen LogP contribution in [0.3, 0.4) is 0 Å². The van der Waals surface area contributed by atoms with Crippen molar-refractivity contribution in [3.63, 3.8) is 0 Å². The van der Waals surface area contributed by atoms with Gasteiger partial charge in [-0.1, -0.05) is 23.3 Å². The van der Waals surface area contributed by atoms with Crippen LogP contribution in [0.5, 0.6) is 0 Å². The highest BCUT2D eigenvalue weighted by molar-refractivity contribution is 6.23. The molecule has 9 nitrogen and oxygen atoms in total. The number of carbonyl (C=O) groups excluding carboxylic acids is 3. The number of imide groups is 1. The van der Waals surface area contributed by atoms with Gasteiger partial charge >= 0.3 is 0 Å². The maximum Gasteiger partial charge on any atom is 0.264 e. The Morgan fingerprint density at radius 3 is 2.56 bits per heavy atom. The van der Waals surface area contributed by atoms with Gasteiger partial charge in [-0.25, -0.2) is 4.63 Å². The Bertz CT molecular complexity index is 1100. The van der Waals surface area contributed by atoms with Crippen molar-refractivity contribution in [3.8, 4) is 0 Å². The molecule has 9 heteroatoms. The van der Waals surface area contributed by atoms with Crippen molar-refractivity contribution in [2.75, 3.05) is 24.5 Å². The molecule has 0 saturated carbocycles. The Balaban J connectivity index is 1.30. The van der Waals surface area contributed by atoms with E-state index in [0.717, 1.165) is 44.3 Å². The number of rotatable bonds is 5. The first-order valence-corrected chi connectivity index (χ1v) is 12.3. The molecule has 4 heterocycles. The number of hydrogen-bond acceptors (Lipinski definition) is 7. The van der Waals surface area contributed by atoms with Gasteiger partial charge in [-0.2, -0.15) is 0 Å². The number of amides is 3. The Labute approximate surface area is 199 Å². The summed E-state index contributed by atoms with van der Waals surface area (Å²) in [7, 11) is 0.